The van der Waals surface area contributed by atoms with Gasteiger partial charge in [0.2, 0.25) is 11.7 Å². The van der Waals surface area contributed by atoms with Crippen molar-refractivity contribution in [3.63, 3.8) is 0 Å². The highest BCUT2D eigenvalue weighted by Crippen LogP contribution is 2.30. The molecule has 38 heavy (non-hydrogen) atoms. The highest BCUT2D eigenvalue weighted by molar-refractivity contribution is 7.15. The number of anilines is 2. The number of aliphatic hydroxyl groups is 1. The van der Waals surface area contributed by atoms with Crippen LogP contribution in [0.4, 0.5) is 11.4 Å². The van der Waals surface area contributed by atoms with Gasteiger partial charge in [-0.3, -0.25) is 23.9 Å². The number of thiophene rings is 1. The topological polar surface area (TPSA) is 125 Å². The Kier molecular flexibility index (Phi) is 7.24. The van der Waals surface area contributed by atoms with E-state index < -0.39 is 5.91 Å². The molecule has 5 rings (SSSR count). The van der Waals surface area contributed by atoms with Crippen molar-refractivity contribution in [3.05, 3.63) is 59.1 Å². The lowest BCUT2D eigenvalue weighted by Crippen LogP contribution is -2.39. The molecule has 1 fully saturated rings. The normalized spacial score (nSPS) is 15.2. The number of aryl methyl sites for hydroxylation is 1. The number of aliphatic hydroxyl groups excluding tert-OH is 1. The fourth-order valence-electron chi connectivity index (χ4n) is 4.76. The van der Waals surface area contributed by atoms with Gasteiger partial charge < -0.3 is 15.7 Å². The first-order valence-electron chi connectivity index (χ1n) is 12.6. The average molecular weight is 534 g/mol. The predicted octanol–water partition coefficient (Wildman–Crippen LogP) is 4.11. The van der Waals surface area contributed by atoms with Gasteiger partial charge in [-0.1, -0.05) is 0 Å². The standard InChI is InChI=1S/C27H31N7O3S/c1-17-21(14-19(15-28-17)29-24(36)8-11-33-10-4-9-27(33,2)3)30-26(37)25-32-31-23-13-18(7-12-34(23)25)22-6-5-20(16-35)38-22/h5-7,12-15,35H,4,8-11,16H2,1-3H3,(H,29,36)(H,30,37). The van der Waals surface area contributed by atoms with Gasteiger partial charge in [-0.2, -0.15) is 0 Å². The number of carbonyl (C=O) groups excluding carboxylic acids is 2. The number of fused-ring (bicyclic) bond motifs is 1. The summed E-state index contributed by atoms with van der Waals surface area (Å²) in [6.07, 6.45) is 6.02. The van der Waals surface area contributed by atoms with Crippen molar-refractivity contribution in [2.75, 3.05) is 23.7 Å². The number of hydrogen-bond acceptors (Lipinski definition) is 8. The number of nitrogens with one attached hydrogen (secondary N) is 2. The van der Waals surface area contributed by atoms with E-state index >= 15 is 0 Å². The lowest BCUT2D eigenvalue weighted by molar-refractivity contribution is -0.116. The fraction of sp³-hybridized carbons (Fsp3) is 0.370. The summed E-state index contributed by atoms with van der Waals surface area (Å²) in [7, 11) is 0. The molecule has 1 saturated heterocycles. The summed E-state index contributed by atoms with van der Waals surface area (Å²) >= 11 is 1.50. The highest BCUT2D eigenvalue weighted by Gasteiger charge is 2.31. The molecule has 11 heteroatoms. The molecule has 5 heterocycles. The third-order valence-electron chi connectivity index (χ3n) is 7.02. The van der Waals surface area contributed by atoms with Crippen molar-refractivity contribution in [1.29, 1.82) is 0 Å². The summed E-state index contributed by atoms with van der Waals surface area (Å²) in [6.45, 7) is 7.93. The minimum absolute atomic E-state index is 0.00172. The lowest BCUT2D eigenvalue weighted by atomic mass is 10.0. The first kappa shape index (κ1) is 26.0. The summed E-state index contributed by atoms with van der Waals surface area (Å²) in [6, 6.07) is 9.26. The van der Waals surface area contributed by atoms with E-state index in [0.717, 1.165) is 34.7 Å². The summed E-state index contributed by atoms with van der Waals surface area (Å²) in [5.41, 5.74) is 3.21. The molecular weight excluding hydrogens is 502 g/mol. The van der Waals surface area contributed by atoms with Crippen LogP contribution in [0.25, 0.3) is 16.1 Å². The van der Waals surface area contributed by atoms with Crippen LogP contribution in [-0.2, 0) is 11.4 Å². The van der Waals surface area contributed by atoms with Gasteiger partial charge in [0, 0.05) is 34.5 Å². The van der Waals surface area contributed by atoms with Crippen LogP contribution >= 0.6 is 11.3 Å². The minimum atomic E-state index is -0.436. The van der Waals surface area contributed by atoms with Crippen LogP contribution in [0.3, 0.4) is 0 Å². The van der Waals surface area contributed by atoms with Crippen LogP contribution in [0.15, 0.2) is 42.7 Å². The van der Waals surface area contributed by atoms with E-state index in [-0.39, 0.29) is 23.9 Å². The van der Waals surface area contributed by atoms with Crippen molar-refractivity contribution in [3.8, 4) is 10.4 Å². The number of rotatable bonds is 8. The molecule has 198 valence electrons. The van der Waals surface area contributed by atoms with E-state index in [9.17, 15) is 14.7 Å². The van der Waals surface area contributed by atoms with Crippen molar-refractivity contribution < 1.29 is 14.7 Å². The summed E-state index contributed by atoms with van der Waals surface area (Å²) < 4.78 is 1.62. The van der Waals surface area contributed by atoms with Gasteiger partial charge in [-0.25, -0.2) is 0 Å². The van der Waals surface area contributed by atoms with Crippen LogP contribution < -0.4 is 10.6 Å². The minimum Gasteiger partial charge on any atom is -0.391 e. The van der Waals surface area contributed by atoms with E-state index in [1.165, 1.54) is 11.3 Å². The van der Waals surface area contributed by atoms with Gasteiger partial charge >= 0.3 is 0 Å². The van der Waals surface area contributed by atoms with Gasteiger partial charge in [0.05, 0.1) is 29.9 Å². The molecule has 0 aromatic carbocycles. The smallest absolute Gasteiger partial charge is 0.294 e. The van der Waals surface area contributed by atoms with Crippen LogP contribution in [-0.4, -0.2) is 60.0 Å². The van der Waals surface area contributed by atoms with Crippen molar-refractivity contribution in [2.24, 2.45) is 0 Å². The molecule has 0 radical (unpaired) electrons. The van der Waals surface area contributed by atoms with Crippen LogP contribution in [0.5, 0.6) is 0 Å². The Bertz CT molecular complexity index is 1490. The Morgan fingerprint density at radius 3 is 2.74 bits per heavy atom. The maximum absolute atomic E-state index is 13.1. The maximum atomic E-state index is 13.1. The van der Waals surface area contributed by atoms with Crippen LogP contribution in [0.2, 0.25) is 0 Å². The molecule has 3 N–H and O–H groups in total. The van der Waals surface area contributed by atoms with E-state index in [1.54, 1.807) is 29.8 Å². The molecule has 4 aromatic heterocycles. The lowest BCUT2D eigenvalue weighted by Gasteiger charge is -2.31. The molecule has 0 bridgehead atoms. The Morgan fingerprint density at radius 1 is 1.16 bits per heavy atom. The number of likely N-dealkylation sites (tertiary alicyclic amines) is 1. The largest absolute Gasteiger partial charge is 0.391 e. The number of carbonyl (C=O) groups is 2. The number of aromatic nitrogens is 4. The summed E-state index contributed by atoms with van der Waals surface area (Å²) in [5, 5.41) is 23.3. The average Bonchev–Trinajstić information content (AvgIpc) is 3.62. The summed E-state index contributed by atoms with van der Waals surface area (Å²) in [4.78, 5) is 34.3. The van der Waals surface area contributed by atoms with Gasteiger partial charge in [0.15, 0.2) is 5.65 Å². The molecule has 0 saturated carbocycles. The number of pyridine rings is 2. The molecule has 1 aliphatic heterocycles. The molecule has 0 aliphatic carbocycles. The SMILES string of the molecule is Cc1ncc(NC(=O)CCN2CCCC2(C)C)cc1NC(=O)c1nnc2cc(-c3ccc(CO)s3)ccn12. The quantitative estimate of drug-likeness (QED) is 0.311. The van der Waals surface area contributed by atoms with Crippen LogP contribution in [0, 0.1) is 6.92 Å². The molecular formula is C27H31N7O3S. The molecule has 0 atom stereocenters. The first-order valence-corrected chi connectivity index (χ1v) is 13.4. The highest BCUT2D eigenvalue weighted by atomic mass is 32.1. The summed E-state index contributed by atoms with van der Waals surface area (Å²) in [5.74, 6) is -0.392. The zero-order valence-electron chi connectivity index (χ0n) is 21.7. The van der Waals surface area contributed by atoms with Gasteiger partial charge in [-0.05, 0) is 76.1 Å². The van der Waals surface area contributed by atoms with Crippen molar-refractivity contribution in [1.82, 2.24) is 24.5 Å². The second-order valence-electron chi connectivity index (χ2n) is 10.1. The molecule has 1 aliphatic rings. The molecule has 0 spiro atoms. The molecule has 2 amide bonds. The zero-order chi connectivity index (χ0) is 26.9. The zero-order valence-corrected chi connectivity index (χ0v) is 22.5. The first-order chi connectivity index (χ1) is 18.2. The van der Waals surface area contributed by atoms with Crippen molar-refractivity contribution in [2.45, 2.75) is 52.2 Å². The fourth-order valence-corrected chi connectivity index (χ4v) is 5.62. The van der Waals surface area contributed by atoms with E-state index in [4.69, 9.17) is 0 Å². The van der Waals surface area contributed by atoms with Gasteiger partial charge in [0.1, 0.15) is 0 Å². The predicted molar refractivity (Wildman–Crippen MR) is 147 cm³/mol. The van der Waals surface area contributed by atoms with Gasteiger partial charge in [-0.15, -0.1) is 21.5 Å². The monoisotopic (exact) mass is 533 g/mol. The van der Waals surface area contributed by atoms with Crippen molar-refractivity contribution >= 4 is 40.2 Å². The molecule has 4 aromatic rings. The number of hydrogen-bond donors (Lipinski definition) is 3. The van der Waals surface area contributed by atoms with E-state index in [2.05, 4.69) is 44.6 Å². The second kappa shape index (κ2) is 10.6. The van der Waals surface area contributed by atoms with E-state index in [0.29, 0.717) is 35.7 Å². The maximum Gasteiger partial charge on any atom is 0.294 e. The second-order valence-corrected chi connectivity index (χ2v) is 11.3. The molecule has 0 unspecified atom stereocenters. The number of nitrogens with zero attached hydrogens (tertiary/aromatic N) is 5. The third kappa shape index (κ3) is 5.45. The van der Waals surface area contributed by atoms with Gasteiger partial charge in [0.25, 0.3) is 5.91 Å². The van der Waals surface area contributed by atoms with Crippen LogP contribution in [0.1, 0.15) is 54.3 Å². The number of amides is 2. The Balaban J connectivity index is 1.26. The Morgan fingerprint density at radius 2 is 2.00 bits per heavy atom. The third-order valence-corrected chi connectivity index (χ3v) is 8.13. The molecule has 10 nitrogen and oxygen atoms in total. The van der Waals surface area contributed by atoms with E-state index in [1.807, 2.05) is 24.3 Å². The Labute approximate surface area is 224 Å². The Hall–Kier alpha value is -3.67.